The highest BCUT2D eigenvalue weighted by Gasteiger charge is 2.17. The molecule has 0 radical (unpaired) electrons. The number of nitrogens with one attached hydrogen (secondary N) is 1. The third-order valence-corrected chi connectivity index (χ3v) is 7.04. The van der Waals surface area contributed by atoms with Crippen LogP contribution in [0, 0.1) is 0 Å². The molecule has 11 nitrogen and oxygen atoms in total. The Bertz CT molecular complexity index is 1460. The molecule has 0 saturated carbocycles. The molecule has 0 unspecified atom stereocenters. The van der Waals surface area contributed by atoms with Gasteiger partial charge in [-0.2, -0.15) is 10.1 Å². The van der Waals surface area contributed by atoms with Gasteiger partial charge in [0.25, 0.3) is 0 Å². The third kappa shape index (κ3) is 6.92. The monoisotopic (exact) mass is 545 g/mol. The molecule has 5 rings (SSSR count). The molecule has 11 heteroatoms. The fourth-order valence-electron chi connectivity index (χ4n) is 4.57. The summed E-state index contributed by atoms with van der Waals surface area (Å²) in [6.45, 7) is 14.1. The smallest absolute Gasteiger partial charge is 0.335 e. The molecule has 4 heterocycles. The summed E-state index contributed by atoms with van der Waals surface area (Å²) < 4.78 is 12.9. The van der Waals surface area contributed by atoms with Crippen molar-refractivity contribution >= 4 is 41.7 Å². The zero-order valence-corrected chi connectivity index (χ0v) is 22.8. The molecular weight excluding hydrogens is 510 g/mol. The van der Waals surface area contributed by atoms with E-state index >= 15 is 0 Å². The van der Waals surface area contributed by atoms with Crippen LogP contribution in [0.3, 0.4) is 0 Å². The van der Waals surface area contributed by atoms with E-state index in [0.717, 1.165) is 66.9 Å². The van der Waals surface area contributed by atoms with Gasteiger partial charge in [0.05, 0.1) is 55.8 Å². The minimum atomic E-state index is -0.962. The van der Waals surface area contributed by atoms with E-state index in [4.69, 9.17) is 19.4 Å². The molecule has 2 aliphatic heterocycles. The second-order valence-electron chi connectivity index (χ2n) is 9.79. The summed E-state index contributed by atoms with van der Waals surface area (Å²) in [5, 5.41) is 18.9. The Morgan fingerprint density at radius 1 is 1.05 bits per heavy atom. The van der Waals surface area contributed by atoms with Crippen LogP contribution in [-0.4, -0.2) is 94.9 Å². The third-order valence-electron chi connectivity index (χ3n) is 7.04. The van der Waals surface area contributed by atoms with Crippen molar-refractivity contribution in [1.29, 1.82) is 0 Å². The normalized spacial score (nSPS) is 17.3. The first-order valence-corrected chi connectivity index (χ1v) is 13.5. The van der Waals surface area contributed by atoms with Gasteiger partial charge in [-0.15, -0.1) is 0 Å². The van der Waals surface area contributed by atoms with Crippen molar-refractivity contribution in [1.82, 2.24) is 24.6 Å². The Balaban J connectivity index is 1.37. The summed E-state index contributed by atoms with van der Waals surface area (Å²) in [5.41, 5.74) is 2.71. The second kappa shape index (κ2) is 12.9. The van der Waals surface area contributed by atoms with E-state index in [-0.39, 0.29) is 5.56 Å². The fraction of sp³-hybridized carbons (Fsp3) is 0.379. The predicted molar refractivity (Wildman–Crippen MR) is 154 cm³/mol. The highest BCUT2D eigenvalue weighted by atomic mass is 16.5. The Labute approximate surface area is 233 Å². The van der Waals surface area contributed by atoms with Gasteiger partial charge in [0.1, 0.15) is 5.82 Å². The van der Waals surface area contributed by atoms with E-state index in [0.29, 0.717) is 38.1 Å². The number of benzene rings is 1. The van der Waals surface area contributed by atoms with Gasteiger partial charge in [-0.05, 0) is 36.8 Å². The first-order valence-electron chi connectivity index (χ1n) is 13.5. The highest BCUT2D eigenvalue weighted by Crippen LogP contribution is 2.23. The summed E-state index contributed by atoms with van der Waals surface area (Å²) >= 11 is 0. The van der Waals surface area contributed by atoms with Crippen molar-refractivity contribution in [3.05, 3.63) is 64.4 Å². The molecule has 3 aromatic rings. The molecule has 2 aliphatic rings. The molecular formula is C29H35N7O4. The second-order valence-corrected chi connectivity index (χ2v) is 9.79. The van der Waals surface area contributed by atoms with Crippen molar-refractivity contribution < 1.29 is 19.4 Å². The van der Waals surface area contributed by atoms with Gasteiger partial charge < -0.3 is 24.8 Å². The van der Waals surface area contributed by atoms with E-state index in [1.54, 1.807) is 24.3 Å². The van der Waals surface area contributed by atoms with E-state index in [9.17, 15) is 9.90 Å². The molecule has 210 valence electrons. The Morgan fingerprint density at radius 3 is 2.45 bits per heavy atom. The number of allylic oxidation sites excluding steroid dienone is 2. The number of hydrogen-bond acceptors (Lipinski definition) is 9. The average Bonchev–Trinajstić information content (AvgIpc) is 3.34. The maximum absolute atomic E-state index is 11.2. The fourth-order valence-corrected chi connectivity index (χ4v) is 4.57. The predicted octanol–water partition coefficient (Wildman–Crippen LogP) is 1.58. The number of hydrogen-bond donors (Lipinski definition) is 2. The summed E-state index contributed by atoms with van der Waals surface area (Å²) in [6, 6.07) is 8.47. The SMILES string of the molecule is C=c1/c(=C\C=C(/C)c2cc(Nc3ccc(C(=O)O)cc3)nc(N3CCOCC3)n2)cnn1CCN1CCOCC1. The molecule has 0 spiro atoms. The van der Waals surface area contributed by atoms with Gasteiger partial charge in [-0.25, -0.2) is 9.78 Å². The average molecular weight is 546 g/mol. The van der Waals surface area contributed by atoms with Gasteiger partial charge in [-0.1, -0.05) is 18.7 Å². The number of aromatic nitrogens is 4. The van der Waals surface area contributed by atoms with Crippen LogP contribution in [0.2, 0.25) is 0 Å². The van der Waals surface area contributed by atoms with Crippen molar-refractivity contribution in [2.75, 3.05) is 69.4 Å². The van der Waals surface area contributed by atoms with Crippen LogP contribution < -0.4 is 20.8 Å². The standard InChI is InChI=1S/C29H35N7O4/c1-21(3-4-24-20-30-36(22(24)2)10-9-34-11-15-39-16-12-34)26-19-27(31-25-7-5-23(6-8-25)28(37)38)33-29(32-26)35-13-17-40-18-14-35/h3-8,19-20H,2,9-18H2,1H3,(H,37,38)(H,31,32,33)/b21-3+,24-4-. The summed E-state index contributed by atoms with van der Waals surface area (Å²) in [4.78, 5) is 25.3. The number of nitrogens with zero attached hydrogens (tertiary/aromatic N) is 6. The molecule has 0 bridgehead atoms. The van der Waals surface area contributed by atoms with Gasteiger partial charge >= 0.3 is 5.97 Å². The zero-order chi connectivity index (χ0) is 27.9. The number of rotatable bonds is 9. The first kappa shape index (κ1) is 27.5. The van der Waals surface area contributed by atoms with Crippen LogP contribution in [0.5, 0.6) is 0 Å². The lowest BCUT2D eigenvalue weighted by Gasteiger charge is -2.27. The van der Waals surface area contributed by atoms with E-state index < -0.39 is 5.97 Å². The molecule has 2 aromatic heterocycles. The molecule has 2 fully saturated rings. The summed E-state index contributed by atoms with van der Waals surface area (Å²) in [5.74, 6) is 0.277. The summed E-state index contributed by atoms with van der Waals surface area (Å²) in [7, 11) is 0. The molecule has 2 saturated heterocycles. The lowest BCUT2D eigenvalue weighted by Crippen LogP contribution is -2.39. The maximum atomic E-state index is 11.2. The number of carboxylic acids is 1. The zero-order valence-electron chi connectivity index (χ0n) is 22.8. The highest BCUT2D eigenvalue weighted by molar-refractivity contribution is 5.88. The van der Waals surface area contributed by atoms with Crippen molar-refractivity contribution in [3.8, 4) is 0 Å². The molecule has 1 aromatic carbocycles. The minimum absolute atomic E-state index is 0.228. The molecule has 2 N–H and O–H groups in total. The van der Waals surface area contributed by atoms with Crippen LogP contribution in [0.4, 0.5) is 17.5 Å². The van der Waals surface area contributed by atoms with Gasteiger partial charge in [0.2, 0.25) is 5.95 Å². The Kier molecular flexibility index (Phi) is 8.84. The van der Waals surface area contributed by atoms with Crippen LogP contribution >= 0.6 is 0 Å². The number of anilines is 3. The Morgan fingerprint density at radius 2 is 1.75 bits per heavy atom. The van der Waals surface area contributed by atoms with E-state index in [2.05, 4.69) is 26.8 Å². The van der Waals surface area contributed by atoms with Crippen molar-refractivity contribution in [3.63, 3.8) is 0 Å². The maximum Gasteiger partial charge on any atom is 0.335 e. The van der Waals surface area contributed by atoms with Gasteiger partial charge in [0, 0.05) is 49.7 Å². The lowest BCUT2D eigenvalue weighted by molar-refractivity contribution is 0.0358. The number of carbonyl (C=O) groups is 1. The largest absolute Gasteiger partial charge is 0.478 e. The molecule has 0 aliphatic carbocycles. The van der Waals surface area contributed by atoms with E-state index in [1.165, 1.54) is 0 Å². The minimum Gasteiger partial charge on any atom is -0.478 e. The summed E-state index contributed by atoms with van der Waals surface area (Å²) in [6.07, 6.45) is 5.89. The number of carboxylic acid groups (broad SMARTS) is 1. The molecule has 0 atom stereocenters. The quantitative estimate of drug-likeness (QED) is 0.410. The van der Waals surface area contributed by atoms with Crippen molar-refractivity contribution in [2.24, 2.45) is 0 Å². The van der Waals surface area contributed by atoms with Crippen molar-refractivity contribution in [2.45, 2.75) is 13.5 Å². The van der Waals surface area contributed by atoms with Gasteiger partial charge in [0.15, 0.2) is 0 Å². The number of ether oxygens (including phenoxy) is 2. The Hall–Kier alpha value is -4.06. The van der Waals surface area contributed by atoms with Crippen LogP contribution in [0.15, 0.2) is 42.6 Å². The topological polar surface area (TPSA) is 118 Å². The first-order chi connectivity index (χ1) is 19.5. The number of aromatic carboxylic acids is 1. The lowest BCUT2D eigenvalue weighted by atomic mass is 10.1. The van der Waals surface area contributed by atoms with Gasteiger partial charge in [-0.3, -0.25) is 9.58 Å². The van der Waals surface area contributed by atoms with Crippen LogP contribution in [0.25, 0.3) is 18.2 Å². The van der Waals surface area contributed by atoms with E-state index in [1.807, 2.05) is 36.0 Å². The van der Waals surface area contributed by atoms with Crippen LogP contribution in [0.1, 0.15) is 23.0 Å². The number of morpholine rings is 2. The van der Waals surface area contributed by atoms with Crippen LogP contribution in [-0.2, 0) is 16.0 Å². The molecule has 0 amide bonds. The molecule has 40 heavy (non-hydrogen) atoms.